The van der Waals surface area contributed by atoms with Crippen molar-refractivity contribution in [2.24, 2.45) is 4.99 Å². The predicted octanol–water partition coefficient (Wildman–Crippen LogP) is 3.76. The van der Waals surface area contributed by atoms with Gasteiger partial charge in [0.15, 0.2) is 23.4 Å². The molecule has 0 aliphatic carbocycles. The Hall–Kier alpha value is -2.30. The van der Waals surface area contributed by atoms with E-state index in [1.165, 1.54) is 0 Å². The highest BCUT2D eigenvalue weighted by Crippen LogP contribution is 2.19. The SMILES string of the molecule is CCNC(=NCC(=O)Nc1ccc(F)c(F)c1F)N(C)Cc1ccccc1.I. The lowest BCUT2D eigenvalue weighted by Gasteiger charge is -2.22. The van der Waals surface area contributed by atoms with Gasteiger partial charge in [0, 0.05) is 20.1 Å². The van der Waals surface area contributed by atoms with Crippen molar-refractivity contribution in [1.29, 1.82) is 0 Å². The van der Waals surface area contributed by atoms with Crippen LogP contribution < -0.4 is 10.6 Å². The van der Waals surface area contributed by atoms with E-state index >= 15 is 0 Å². The first-order valence-electron chi connectivity index (χ1n) is 8.39. The Morgan fingerprint density at radius 3 is 2.39 bits per heavy atom. The molecule has 0 fully saturated rings. The van der Waals surface area contributed by atoms with Crippen molar-refractivity contribution in [1.82, 2.24) is 10.2 Å². The number of amides is 1. The van der Waals surface area contributed by atoms with Gasteiger partial charge in [-0.25, -0.2) is 18.2 Å². The first-order valence-corrected chi connectivity index (χ1v) is 8.39. The van der Waals surface area contributed by atoms with Gasteiger partial charge in [-0.3, -0.25) is 4.79 Å². The number of hydrogen-bond acceptors (Lipinski definition) is 2. The van der Waals surface area contributed by atoms with Crippen LogP contribution in [0.2, 0.25) is 0 Å². The molecule has 0 saturated carbocycles. The number of carbonyl (C=O) groups excluding carboxylic acids is 1. The third kappa shape index (κ3) is 6.70. The van der Waals surface area contributed by atoms with Crippen molar-refractivity contribution in [2.45, 2.75) is 13.5 Å². The summed E-state index contributed by atoms with van der Waals surface area (Å²) >= 11 is 0. The van der Waals surface area contributed by atoms with Gasteiger partial charge in [-0.05, 0) is 24.6 Å². The number of guanidine groups is 1. The molecule has 9 heteroatoms. The molecule has 5 nitrogen and oxygen atoms in total. The van der Waals surface area contributed by atoms with Gasteiger partial charge in [-0.1, -0.05) is 30.3 Å². The molecular weight excluding hydrogens is 484 g/mol. The van der Waals surface area contributed by atoms with Crippen molar-refractivity contribution >= 4 is 41.5 Å². The summed E-state index contributed by atoms with van der Waals surface area (Å²) in [5, 5.41) is 5.25. The summed E-state index contributed by atoms with van der Waals surface area (Å²) in [5.74, 6) is -4.56. The summed E-state index contributed by atoms with van der Waals surface area (Å²) in [7, 11) is 1.82. The second-order valence-corrected chi connectivity index (χ2v) is 5.78. The molecule has 0 aliphatic rings. The van der Waals surface area contributed by atoms with Gasteiger partial charge in [0.25, 0.3) is 0 Å². The van der Waals surface area contributed by atoms with Crippen LogP contribution in [0.1, 0.15) is 12.5 Å². The number of hydrogen-bond donors (Lipinski definition) is 2. The second kappa shape index (κ2) is 11.5. The number of nitrogens with zero attached hydrogens (tertiary/aromatic N) is 2. The molecule has 2 N–H and O–H groups in total. The standard InChI is InChI=1S/C19H21F3N4O.HI/c1-3-23-19(26(2)12-13-7-5-4-6-8-13)24-11-16(27)25-15-10-9-14(20)17(21)18(15)22;/h4-10H,3,11-12H2,1-2H3,(H,23,24)(H,25,27);1H. The van der Waals surface area contributed by atoms with Crippen LogP contribution in [0.5, 0.6) is 0 Å². The van der Waals surface area contributed by atoms with Crippen molar-refractivity contribution in [3.8, 4) is 0 Å². The van der Waals surface area contributed by atoms with Gasteiger partial charge in [-0.2, -0.15) is 0 Å². The second-order valence-electron chi connectivity index (χ2n) is 5.78. The molecule has 0 saturated heterocycles. The van der Waals surface area contributed by atoms with Gasteiger partial charge >= 0.3 is 0 Å². The Labute approximate surface area is 179 Å². The number of aliphatic imine (C=N–C) groups is 1. The lowest BCUT2D eigenvalue weighted by molar-refractivity contribution is -0.114. The summed E-state index contributed by atoms with van der Waals surface area (Å²) in [6, 6.07) is 11.4. The number of benzene rings is 2. The third-order valence-electron chi connectivity index (χ3n) is 3.64. The van der Waals surface area contributed by atoms with Crippen LogP contribution in [0.25, 0.3) is 0 Å². The Morgan fingerprint density at radius 1 is 1.07 bits per heavy atom. The maximum atomic E-state index is 13.6. The molecule has 0 unspecified atom stereocenters. The van der Waals surface area contributed by atoms with Gasteiger partial charge in [0.2, 0.25) is 5.91 Å². The number of halogens is 4. The maximum Gasteiger partial charge on any atom is 0.246 e. The molecule has 0 spiro atoms. The Bertz CT molecular complexity index is 818. The molecule has 2 rings (SSSR count). The highest BCUT2D eigenvalue weighted by Gasteiger charge is 2.15. The van der Waals surface area contributed by atoms with E-state index in [9.17, 15) is 18.0 Å². The number of nitrogens with one attached hydrogen (secondary N) is 2. The van der Waals surface area contributed by atoms with Crippen molar-refractivity contribution in [3.05, 3.63) is 65.5 Å². The monoisotopic (exact) mass is 506 g/mol. The van der Waals surface area contributed by atoms with Crippen molar-refractivity contribution < 1.29 is 18.0 Å². The smallest absolute Gasteiger partial charge is 0.246 e. The molecule has 0 bridgehead atoms. The van der Waals surface area contributed by atoms with E-state index in [1.807, 2.05) is 49.2 Å². The van der Waals surface area contributed by atoms with E-state index < -0.39 is 29.0 Å². The Morgan fingerprint density at radius 2 is 1.75 bits per heavy atom. The minimum absolute atomic E-state index is 0. The fourth-order valence-corrected chi connectivity index (χ4v) is 2.36. The minimum Gasteiger partial charge on any atom is -0.357 e. The summed E-state index contributed by atoms with van der Waals surface area (Å²) in [6.45, 7) is 2.76. The molecule has 0 atom stereocenters. The molecular formula is C19H22F3IN4O. The van der Waals surface area contributed by atoms with E-state index in [0.29, 0.717) is 19.0 Å². The fourth-order valence-electron chi connectivity index (χ4n) is 2.36. The molecule has 0 heterocycles. The van der Waals surface area contributed by atoms with Gasteiger partial charge in [-0.15, -0.1) is 24.0 Å². The summed E-state index contributed by atoms with van der Waals surface area (Å²) in [4.78, 5) is 18.0. The quantitative estimate of drug-likeness (QED) is 0.272. The van der Waals surface area contributed by atoms with Crippen LogP contribution in [-0.2, 0) is 11.3 Å². The van der Waals surface area contributed by atoms with Crippen LogP contribution in [0.3, 0.4) is 0 Å². The zero-order valence-electron chi connectivity index (χ0n) is 15.5. The van der Waals surface area contributed by atoms with Crippen molar-refractivity contribution in [2.75, 3.05) is 25.5 Å². The van der Waals surface area contributed by atoms with Gasteiger partial charge in [0.05, 0.1) is 5.69 Å². The van der Waals surface area contributed by atoms with Crippen LogP contribution in [-0.4, -0.2) is 36.9 Å². The maximum absolute atomic E-state index is 13.6. The van der Waals surface area contributed by atoms with E-state index in [-0.39, 0.29) is 30.5 Å². The van der Waals surface area contributed by atoms with E-state index in [4.69, 9.17) is 0 Å². The minimum atomic E-state index is -1.63. The highest BCUT2D eigenvalue weighted by atomic mass is 127. The number of anilines is 1. The predicted molar refractivity (Wildman–Crippen MR) is 114 cm³/mol. The van der Waals surface area contributed by atoms with Crippen LogP contribution >= 0.6 is 24.0 Å². The molecule has 1 amide bonds. The van der Waals surface area contributed by atoms with Crippen LogP contribution in [0.4, 0.5) is 18.9 Å². The fraction of sp³-hybridized carbons (Fsp3) is 0.263. The topological polar surface area (TPSA) is 56.7 Å². The molecule has 0 radical (unpaired) electrons. The molecule has 152 valence electrons. The lowest BCUT2D eigenvalue weighted by Crippen LogP contribution is -2.39. The molecule has 2 aromatic carbocycles. The van der Waals surface area contributed by atoms with Crippen LogP contribution in [0.15, 0.2) is 47.5 Å². The van der Waals surface area contributed by atoms with E-state index in [0.717, 1.165) is 17.7 Å². The number of carbonyl (C=O) groups is 1. The first kappa shape index (κ1) is 23.7. The average molecular weight is 506 g/mol. The molecule has 0 aliphatic heterocycles. The van der Waals surface area contributed by atoms with E-state index in [2.05, 4.69) is 15.6 Å². The third-order valence-corrected chi connectivity index (χ3v) is 3.64. The summed E-state index contributed by atoms with van der Waals surface area (Å²) < 4.78 is 39.8. The van der Waals surface area contributed by atoms with Crippen molar-refractivity contribution in [3.63, 3.8) is 0 Å². The number of rotatable bonds is 6. The Balaban J connectivity index is 0.00000392. The average Bonchev–Trinajstić information content (AvgIpc) is 2.66. The highest BCUT2D eigenvalue weighted by molar-refractivity contribution is 14.0. The summed E-state index contributed by atoms with van der Waals surface area (Å²) in [5.41, 5.74) is 0.635. The summed E-state index contributed by atoms with van der Waals surface area (Å²) in [6.07, 6.45) is 0. The molecule has 2 aromatic rings. The lowest BCUT2D eigenvalue weighted by atomic mass is 10.2. The largest absolute Gasteiger partial charge is 0.357 e. The molecule has 28 heavy (non-hydrogen) atoms. The first-order chi connectivity index (χ1) is 12.9. The zero-order chi connectivity index (χ0) is 19.8. The Kier molecular flexibility index (Phi) is 9.77. The van der Waals surface area contributed by atoms with E-state index in [1.54, 1.807) is 0 Å². The van der Waals surface area contributed by atoms with Gasteiger partial charge < -0.3 is 15.5 Å². The van der Waals surface area contributed by atoms with Crippen LogP contribution in [0, 0.1) is 17.5 Å². The zero-order valence-corrected chi connectivity index (χ0v) is 17.8. The molecule has 0 aromatic heterocycles. The normalized spacial score (nSPS) is 10.8. The van der Waals surface area contributed by atoms with Gasteiger partial charge in [0.1, 0.15) is 6.54 Å².